The summed E-state index contributed by atoms with van der Waals surface area (Å²) in [5.74, 6) is -1.04. The van der Waals surface area contributed by atoms with Crippen LogP contribution in [-0.4, -0.2) is 45.5 Å². The zero-order valence-corrected chi connectivity index (χ0v) is 7.72. The summed E-state index contributed by atoms with van der Waals surface area (Å²) in [6.45, 7) is 0.0648. The third-order valence-electron chi connectivity index (χ3n) is 0.663. The van der Waals surface area contributed by atoms with E-state index in [0.29, 0.717) is 0 Å². The van der Waals surface area contributed by atoms with Crippen LogP contribution in [0.4, 0.5) is 0 Å². The van der Waals surface area contributed by atoms with Gasteiger partial charge in [0.15, 0.2) is 0 Å². The van der Waals surface area contributed by atoms with Crippen LogP contribution in [0.1, 0.15) is 0 Å². The van der Waals surface area contributed by atoms with Gasteiger partial charge in [-0.2, -0.15) is 0 Å². The number of hydrogen-bond donors (Lipinski definition) is 5. The highest BCUT2D eigenvalue weighted by Gasteiger charge is 2.08. The number of carboxylic acid groups (broad SMARTS) is 1. The SMILES string of the molecule is COC[C@H](N)C(=O)O.O=P(O)(O)O. The number of phosphoric acid groups is 1. The van der Waals surface area contributed by atoms with Crippen molar-refractivity contribution in [2.45, 2.75) is 6.04 Å². The van der Waals surface area contributed by atoms with E-state index >= 15 is 0 Å². The molecule has 0 aliphatic rings. The van der Waals surface area contributed by atoms with Crippen LogP contribution in [0.2, 0.25) is 0 Å². The van der Waals surface area contributed by atoms with Gasteiger partial charge in [-0.05, 0) is 0 Å². The normalized spacial score (nSPS) is 12.7. The maximum atomic E-state index is 9.88. The van der Waals surface area contributed by atoms with Gasteiger partial charge >= 0.3 is 13.8 Å². The van der Waals surface area contributed by atoms with E-state index in [1.807, 2.05) is 0 Å². The van der Waals surface area contributed by atoms with Crippen LogP contribution < -0.4 is 5.73 Å². The minimum Gasteiger partial charge on any atom is -0.480 e. The molecule has 6 N–H and O–H groups in total. The third kappa shape index (κ3) is 24.6. The quantitative estimate of drug-likeness (QED) is 0.344. The molecule has 0 amide bonds. The number of ether oxygens (including phenoxy) is 1. The second-order valence-corrected chi connectivity index (χ2v) is 2.94. The first-order valence-corrected chi connectivity index (χ1v) is 4.50. The third-order valence-corrected chi connectivity index (χ3v) is 0.663. The van der Waals surface area contributed by atoms with E-state index in [4.69, 9.17) is 30.1 Å². The fourth-order valence-corrected chi connectivity index (χ4v) is 0.251. The molecular weight excluding hydrogens is 205 g/mol. The summed E-state index contributed by atoms with van der Waals surface area (Å²) in [6.07, 6.45) is 0. The van der Waals surface area contributed by atoms with E-state index in [9.17, 15) is 4.79 Å². The Morgan fingerprint density at radius 2 is 1.85 bits per heavy atom. The first kappa shape index (κ1) is 15.0. The van der Waals surface area contributed by atoms with Crippen molar-refractivity contribution in [2.75, 3.05) is 13.7 Å². The van der Waals surface area contributed by atoms with Crippen molar-refractivity contribution in [2.24, 2.45) is 5.73 Å². The Bertz CT molecular complexity index is 181. The van der Waals surface area contributed by atoms with Gasteiger partial charge in [0.05, 0.1) is 6.61 Å². The number of aliphatic carboxylic acids is 1. The average Bonchev–Trinajstić information content (AvgIpc) is 1.84. The topological polar surface area (TPSA) is 150 Å². The number of methoxy groups -OCH3 is 1. The van der Waals surface area contributed by atoms with Crippen LogP contribution >= 0.6 is 7.82 Å². The molecule has 0 aromatic carbocycles. The average molecular weight is 217 g/mol. The molecule has 0 rings (SSSR count). The molecule has 0 unspecified atom stereocenters. The Labute approximate surface area is 74.2 Å². The number of hydrogen-bond acceptors (Lipinski definition) is 4. The lowest BCUT2D eigenvalue weighted by Gasteiger charge is -2.01. The summed E-state index contributed by atoms with van der Waals surface area (Å²) in [5, 5.41) is 8.11. The number of carbonyl (C=O) groups is 1. The summed E-state index contributed by atoms with van der Waals surface area (Å²) in [7, 11) is -3.23. The Hall–Kier alpha value is -0.500. The van der Waals surface area contributed by atoms with E-state index in [0.717, 1.165) is 0 Å². The van der Waals surface area contributed by atoms with Crippen molar-refractivity contribution in [3.05, 3.63) is 0 Å². The fourth-order valence-electron chi connectivity index (χ4n) is 0.251. The van der Waals surface area contributed by atoms with Crippen LogP contribution in [0.15, 0.2) is 0 Å². The van der Waals surface area contributed by atoms with Gasteiger partial charge in [0.25, 0.3) is 0 Å². The van der Waals surface area contributed by atoms with Crippen molar-refractivity contribution in [3.8, 4) is 0 Å². The highest BCUT2D eigenvalue weighted by Crippen LogP contribution is 2.25. The molecule has 1 atom stereocenters. The fraction of sp³-hybridized carbons (Fsp3) is 0.750. The minimum absolute atomic E-state index is 0.0648. The Kier molecular flexibility index (Phi) is 8.02. The van der Waals surface area contributed by atoms with Gasteiger partial charge in [-0.15, -0.1) is 0 Å². The van der Waals surface area contributed by atoms with E-state index in [-0.39, 0.29) is 6.61 Å². The van der Waals surface area contributed by atoms with E-state index in [1.165, 1.54) is 7.11 Å². The van der Waals surface area contributed by atoms with Crippen LogP contribution in [0.3, 0.4) is 0 Å². The van der Waals surface area contributed by atoms with Crippen molar-refractivity contribution in [1.29, 1.82) is 0 Å². The van der Waals surface area contributed by atoms with Gasteiger partial charge in [-0.3, -0.25) is 4.79 Å². The molecule has 80 valence electrons. The van der Waals surface area contributed by atoms with Crippen LogP contribution in [0.5, 0.6) is 0 Å². The molecule has 0 saturated heterocycles. The summed E-state index contributed by atoms with van der Waals surface area (Å²) < 4.78 is 13.3. The highest BCUT2D eigenvalue weighted by atomic mass is 31.2. The van der Waals surface area contributed by atoms with Crippen LogP contribution in [0.25, 0.3) is 0 Å². The van der Waals surface area contributed by atoms with Crippen LogP contribution in [0, 0.1) is 0 Å². The zero-order chi connectivity index (χ0) is 11.1. The molecule has 0 heterocycles. The van der Waals surface area contributed by atoms with Crippen molar-refractivity contribution in [3.63, 3.8) is 0 Å². The van der Waals surface area contributed by atoms with Gasteiger partial charge in [0.1, 0.15) is 6.04 Å². The smallest absolute Gasteiger partial charge is 0.466 e. The zero-order valence-electron chi connectivity index (χ0n) is 6.82. The lowest BCUT2D eigenvalue weighted by Crippen LogP contribution is -2.34. The van der Waals surface area contributed by atoms with Gasteiger partial charge in [0, 0.05) is 7.11 Å². The molecular formula is C4H12NO7P. The van der Waals surface area contributed by atoms with E-state index in [2.05, 4.69) is 4.74 Å². The Balaban J connectivity index is 0. The second-order valence-electron chi connectivity index (χ2n) is 1.91. The van der Waals surface area contributed by atoms with Crippen molar-refractivity contribution < 1.29 is 33.9 Å². The van der Waals surface area contributed by atoms with E-state index < -0.39 is 19.8 Å². The summed E-state index contributed by atoms with van der Waals surface area (Å²) in [5.41, 5.74) is 5.00. The predicted molar refractivity (Wildman–Crippen MR) is 41.8 cm³/mol. The predicted octanol–water partition coefficient (Wildman–Crippen LogP) is -1.88. The number of rotatable bonds is 3. The monoisotopic (exact) mass is 217 g/mol. The van der Waals surface area contributed by atoms with Gasteiger partial charge in [-0.1, -0.05) is 0 Å². The first-order valence-electron chi connectivity index (χ1n) is 2.94. The van der Waals surface area contributed by atoms with Gasteiger partial charge < -0.3 is 30.3 Å². The van der Waals surface area contributed by atoms with Crippen molar-refractivity contribution >= 4 is 13.8 Å². The summed E-state index contributed by atoms with van der Waals surface area (Å²) >= 11 is 0. The molecule has 0 spiro atoms. The largest absolute Gasteiger partial charge is 0.480 e. The lowest BCUT2D eigenvalue weighted by molar-refractivity contribution is -0.139. The number of nitrogens with two attached hydrogens (primary N) is 1. The van der Waals surface area contributed by atoms with Gasteiger partial charge in [-0.25, -0.2) is 4.57 Å². The molecule has 0 bridgehead atoms. The summed E-state index contributed by atoms with van der Waals surface area (Å²) in [6, 6.07) is -0.889. The molecule has 0 aromatic rings. The molecule has 9 heteroatoms. The highest BCUT2D eigenvalue weighted by molar-refractivity contribution is 7.45. The Morgan fingerprint density at radius 3 is 1.92 bits per heavy atom. The standard InChI is InChI=1S/C4H9NO3.H3O4P/c1-8-2-3(5)4(6)7;1-5(2,3)4/h3H,2,5H2,1H3,(H,6,7);(H3,1,2,3,4)/t3-;/m0./s1. The summed E-state index contributed by atoms with van der Waals surface area (Å²) in [4.78, 5) is 31.4. The molecule has 0 aromatic heterocycles. The second kappa shape index (κ2) is 6.96. The molecule has 0 aliphatic heterocycles. The van der Waals surface area contributed by atoms with Gasteiger partial charge in [0.2, 0.25) is 0 Å². The lowest BCUT2D eigenvalue weighted by atomic mass is 10.3. The molecule has 0 aliphatic carbocycles. The maximum Gasteiger partial charge on any atom is 0.466 e. The van der Waals surface area contributed by atoms with E-state index in [1.54, 1.807) is 0 Å². The minimum atomic E-state index is -4.64. The molecule has 13 heavy (non-hydrogen) atoms. The molecule has 0 saturated carbocycles. The first-order chi connectivity index (χ1) is 5.68. The van der Waals surface area contributed by atoms with Crippen molar-refractivity contribution in [1.82, 2.24) is 0 Å². The molecule has 8 nitrogen and oxygen atoms in total. The molecule has 0 radical (unpaired) electrons. The maximum absolute atomic E-state index is 9.88. The number of carboxylic acids is 1. The molecule has 0 fully saturated rings. The Morgan fingerprint density at radius 1 is 1.54 bits per heavy atom. The van der Waals surface area contributed by atoms with Crippen LogP contribution in [-0.2, 0) is 14.1 Å².